The predicted octanol–water partition coefficient (Wildman–Crippen LogP) is 0.966. The van der Waals surface area contributed by atoms with E-state index in [1.54, 1.807) is 0 Å². The number of carbonyl (C=O) groups is 1. The third-order valence-corrected chi connectivity index (χ3v) is 3.21. The highest BCUT2D eigenvalue weighted by atomic mass is 16.5. The van der Waals surface area contributed by atoms with Crippen molar-refractivity contribution < 1.29 is 9.53 Å². The number of ether oxygens (including phenoxy) is 1. The van der Waals surface area contributed by atoms with Gasteiger partial charge in [0.2, 0.25) is 0 Å². The van der Waals surface area contributed by atoms with Crippen molar-refractivity contribution in [2.75, 3.05) is 40.8 Å². The van der Waals surface area contributed by atoms with Crippen LogP contribution >= 0.6 is 0 Å². The molecule has 0 N–H and O–H groups in total. The van der Waals surface area contributed by atoms with Crippen LogP contribution in [0.4, 0.5) is 0 Å². The number of hydrogen-bond donors (Lipinski definition) is 0. The second-order valence-corrected chi connectivity index (χ2v) is 4.77. The summed E-state index contributed by atoms with van der Waals surface area (Å²) < 4.78 is 4.75. The zero-order valence-electron chi connectivity index (χ0n) is 10.7. The first-order chi connectivity index (χ1) is 7.63. The summed E-state index contributed by atoms with van der Waals surface area (Å²) in [5, 5.41) is 0. The first-order valence-electron chi connectivity index (χ1n) is 6.09. The van der Waals surface area contributed by atoms with Gasteiger partial charge >= 0.3 is 5.97 Å². The van der Waals surface area contributed by atoms with E-state index in [2.05, 4.69) is 23.9 Å². The van der Waals surface area contributed by atoms with Crippen molar-refractivity contribution in [3.63, 3.8) is 0 Å². The Balaban J connectivity index is 2.40. The lowest BCUT2D eigenvalue weighted by Crippen LogP contribution is -2.44. The molecule has 0 aromatic rings. The zero-order chi connectivity index (χ0) is 12.0. The van der Waals surface area contributed by atoms with Crippen molar-refractivity contribution in [3.05, 3.63) is 0 Å². The van der Waals surface area contributed by atoms with E-state index in [1.807, 2.05) is 0 Å². The Morgan fingerprint density at radius 1 is 1.44 bits per heavy atom. The highest BCUT2D eigenvalue weighted by Gasteiger charge is 2.24. The van der Waals surface area contributed by atoms with Gasteiger partial charge in [0.1, 0.15) is 0 Å². The number of esters is 1. The minimum Gasteiger partial charge on any atom is -0.469 e. The van der Waals surface area contributed by atoms with Crippen molar-refractivity contribution in [1.82, 2.24) is 9.80 Å². The number of rotatable bonds is 5. The second-order valence-electron chi connectivity index (χ2n) is 4.77. The van der Waals surface area contributed by atoms with Gasteiger partial charge in [-0.15, -0.1) is 0 Å². The molecule has 1 heterocycles. The number of hydrogen-bond acceptors (Lipinski definition) is 4. The molecule has 0 saturated carbocycles. The molecule has 0 aromatic heterocycles. The lowest BCUT2D eigenvalue weighted by molar-refractivity contribution is -0.142. The molecular formula is C12H24N2O2. The van der Waals surface area contributed by atoms with Gasteiger partial charge in [0.15, 0.2) is 0 Å². The van der Waals surface area contributed by atoms with E-state index in [4.69, 9.17) is 4.74 Å². The second kappa shape index (κ2) is 6.86. The molecule has 0 bridgehead atoms. The first-order valence-corrected chi connectivity index (χ1v) is 6.09. The van der Waals surface area contributed by atoms with Gasteiger partial charge in [-0.05, 0) is 33.5 Å². The molecule has 1 aliphatic heterocycles. The third kappa shape index (κ3) is 4.49. The topological polar surface area (TPSA) is 32.8 Å². The van der Waals surface area contributed by atoms with E-state index in [9.17, 15) is 4.79 Å². The van der Waals surface area contributed by atoms with Crippen LogP contribution in [0.2, 0.25) is 0 Å². The number of methoxy groups -OCH3 is 1. The fourth-order valence-electron chi connectivity index (χ4n) is 2.19. The fourth-order valence-corrected chi connectivity index (χ4v) is 2.19. The molecule has 4 nitrogen and oxygen atoms in total. The molecule has 1 fully saturated rings. The summed E-state index contributed by atoms with van der Waals surface area (Å²) in [5.41, 5.74) is 0. The minimum atomic E-state index is -0.0817. The van der Waals surface area contributed by atoms with Crippen molar-refractivity contribution in [2.45, 2.75) is 31.7 Å². The molecule has 0 spiro atoms. The lowest BCUT2D eigenvalue weighted by atomic mass is 9.99. The van der Waals surface area contributed by atoms with Crippen molar-refractivity contribution in [1.29, 1.82) is 0 Å². The summed E-state index contributed by atoms with van der Waals surface area (Å²) in [7, 11) is 5.63. The monoisotopic (exact) mass is 228 g/mol. The summed E-state index contributed by atoms with van der Waals surface area (Å²) in [6.07, 6.45) is 4.16. The fraction of sp³-hybridized carbons (Fsp3) is 0.917. The molecule has 1 atom stereocenters. The van der Waals surface area contributed by atoms with Gasteiger partial charge in [-0.2, -0.15) is 0 Å². The number of likely N-dealkylation sites (N-methyl/N-ethyl adjacent to an activating group) is 1. The van der Waals surface area contributed by atoms with E-state index >= 15 is 0 Å². The first kappa shape index (κ1) is 13.5. The summed E-state index contributed by atoms with van der Waals surface area (Å²) in [5.74, 6) is -0.0817. The van der Waals surface area contributed by atoms with Crippen LogP contribution in [0, 0.1) is 0 Å². The van der Waals surface area contributed by atoms with Crippen molar-refractivity contribution >= 4 is 5.97 Å². The van der Waals surface area contributed by atoms with Crippen LogP contribution < -0.4 is 0 Å². The minimum absolute atomic E-state index is 0.0817. The predicted molar refractivity (Wildman–Crippen MR) is 64.4 cm³/mol. The Kier molecular flexibility index (Phi) is 5.77. The van der Waals surface area contributed by atoms with E-state index in [1.165, 1.54) is 20.0 Å². The Bertz CT molecular complexity index is 219. The van der Waals surface area contributed by atoms with E-state index in [0.717, 1.165) is 26.1 Å². The Morgan fingerprint density at radius 2 is 2.19 bits per heavy atom. The molecule has 94 valence electrons. The van der Waals surface area contributed by atoms with E-state index in [0.29, 0.717) is 12.5 Å². The van der Waals surface area contributed by atoms with Crippen LogP contribution in [0.1, 0.15) is 25.7 Å². The average Bonchev–Trinajstić information content (AvgIpc) is 2.27. The van der Waals surface area contributed by atoms with Crippen LogP contribution in [-0.4, -0.2) is 62.7 Å². The molecule has 1 rings (SSSR count). The van der Waals surface area contributed by atoms with Gasteiger partial charge in [0, 0.05) is 19.1 Å². The van der Waals surface area contributed by atoms with Crippen LogP contribution in [0.15, 0.2) is 0 Å². The maximum Gasteiger partial charge on any atom is 0.307 e. The highest BCUT2D eigenvalue weighted by Crippen LogP contribution is 2.19. The SMILES string of the molecule is COC(=O)CC1CCCCN1CCN(C)C. The van der Waals surface area contributed by atoms with Gasteiger partial charge in [-0.25, -0.2) is 0 Å². The Labute approximate surface area is 98.5 Å². The third-order valence-electron chi connectivity index (χ3n) is 3.21. The molecular weight excluding hydrogens is 204 g/mol. The molecule has 0 amide bonds. The zero-order valence-corrected chi connectivity index (χ0v) is 10.7. The molecule has 4 heteroatoms. The van der Waals surface area contributed by atoms with Gasteiger partial charge in [-0.1, -0.05) is 6.42 Å². The normalized spacial score (nSPS) is 22.4. The maximum atomic E-state index is 11.3. The Hall–Kier alpha value is -0.610. The quantitative estimate of drug-likeness (QED) is 0.656. The molecule has 1 saturated heterocycles. The molecule has 1 aliphatic rings. The lowest BCUT2D eigenvalue weighted by Gasteiger charge is -2.35. The van der Waals surface area contributed by atoms with Gasteiger partial charge < -0.3 is 9.64 Å². The van der Waals surface area contributed by atoms with E-state index in [-0.39, 0.29) is 5.97 Å². The van der Waals surface area contributed by atoms with Crippen LogP contribution in [0.5, 0.6) is 0 Å². The van der Waals surface area contributed by atoms with Gasteiger partial charge in [0.05, 0.1) is 13.5 Å². The summed E-state index contributed by atoms with van der Waals surface area (Å²) in [6.45, 7) is 3.22. The van der Waals surface area contributed by atoms with Gasteiger partial charge in [-0.3, -0.25) is 9.69 Å². The summed E-state index contributed by atoms with van der Waals surface area (Å²) >= 11 is 0. The molecule has 0 aliphatic carbocycles. The molecule has 0 aromatic carbocycles. The standard InChI is InChI=1S/C12H24N2O2/c1-13(2)8-9-14-7-5-4-6-11(14)10-12(15)16-3/h11H,4-10H2,1-3H3. The Morgan fingerprint density at radius 3 is 2.81 bits per heavy atom. The highest BCUT2D eigenvalue weighted by molar-refractivity contribution is 5.69. The smallest absolute Gasteiger partial charge is 0.307 e. The van der Waals surface area contributed by atoms with E-state index < -0.39 is 0 Å². The molecule has 16 heavy (non-hydrogen) atoms. The number of carbonyl (C=O) groups excluding carboxylic acids is 1. The summed E-state index contributed by atoms with van der Waals surface area (Å²) in [6, 6.07) is 0.390. The number of likely N-dealkylation sites (tertiary alicyclic amines) is 1. The average molecular weight is 228 g/mol. The van der Waals surface area contributed by atoms with Gasteiger partial charge in [0.25, 0.3) is 0 Å². The van der Waals surface area contributed by atoms with Crippen molar-refractivity contribution in [2.24, 2.45) is 0 Å². The van der Waals surface area contributed by atoms with Crippen LogP contribution in [-0.2, 0) is 9.53 Å². The molecule has 1 unspecified atom stereocenters. The molecule has 0 radical (unpaired) electrons. The number of nitrogens with zero attached hydrogens (tertiary/aromatic N) is 2. The van der Waals surface area contributed by atoms with Crippen molar-refractivity contribution in [3.8, 4) is 0 Å². The van der Waals surface area contributed by atoms with Crippen LogP contribution in [0.25, 0.3) is 0 Å². The summed E-state index contributed by atoms with van der Waals surface area (Å²) in [4.78, 5) is 15.9. The maximum absolute atomic E-state index is 11.3. The largest absolute Gasteiger partial charge is 0.469 e. The van der Waals surface area contributed by atoms with Crippen LogP contribution in [0.3, 0.4) is 0 Å². The number of piperidine rings is 1.